The molecule has 0 aliphatic carbocycles. The minimum absolute atomic E-state index is 0. The predicted molar refractivity (Wildman–Crippen MR) is 56.8 cm³/mol. The summed E-state index contributed by atoms with van der Waals surface area (Å²) >= 11 is 1.56. The third kappa shape index (κ3) is 8.39. The molecule has 0 aromatic carbocycles. The minimum Gasteiger partial charge on any atom is -0.480 e. The van der Waals surface area contributed by atoms with Crippen molar-refractivity contribution in [1.29, 1.82) is 0 Å². The number of carbonyl (C=O) groups excluding carboxylic acids is 1. The quantitative estimate of drug-likeness (QED) is 0.605. The Labute approximate surface area is 98.0 Å². The van der Waals surface area contributed by atoms with Crippen LogP contribution in [-0.2, 0) is 9.59 Å². The van der Waals surface area contributed by atoms with Crippen LogP contribution in [0.4, 0.5) is 0 Å². The van der Waals surface area contributed by atoms with Gasteiger partial charge >= 0.3 is 29.0 Å². The first kappa shape index (κ1) is 15.5. The maximum atomic E-state index is 10.5. The van der Waals surface area contributed by atoms with E-state index in [0.29, 0.717) is 6.42 Å². The van der Waals surface area contributed by atoms with E-state index < -0.39 is 12.0 Å². The molecule has 6 heteroatoms. The Hall–Kier alpha value is 0.0562. The SMILES string of the molecule is CSCC[C@H](NC(C)=O)C(=O)O.[MgH2]. The minimum atomic E-state index is -0.973. The van der Waals surface area contributed by atoms with Crippen LogP contribution in [0.2, 0.25) is 0 Å². The summed E-state index contributed by atoms with van der Waals surface area (Å²) in [6.45, 7) is 1.31. The molecule has 0 heterocycles. The molecule has 0 rings (SSSR count). The third-order valence-electron chi connectivity index (χ3n) is 1.29. The highest BCUT2D eigenvalue weighted by molar-refractivity contribution is 7.98. The monoisotopic (exact) mass is 217 g/mol. The molecule has 13 heavy (non-hydrogen) atoms. The van der Waals surface area contributed by atoms with Gasteiger partial charge in [0.05, 0.1) is 0 Å². The van der Waals surface area contributed by atoms with Crippen LogP contribution in [0.1, 0.15) is 13.3 Å². The van der Waals surface area contributed by atoms with Crippen LogP contribution in [0, 0.1) is 0 Å². The van der Waals surface area contributed by atoms with Gasteiger partial charge in [0.1, 0.15) is 6.04 Å². The molecule has 1 amide bonds. The fraction of sp³-hybridized carbons (Fsp3) is 0.714. The maximum Gasteiger partial charge on any atom is 0.326 e. The van der Waals surface area contributed by atoms with Gasteiger partial charge in [-0.2, -0.15) is 11.8 Å². The summed E-state index contributed by atoms with van der Waals surface area (Å²) in [5.74, 6) is -0.542. The molecule has 2 N–H and O–H groups in total. The van der Waals surface area contributed by atoms with Gasteiger partial charge in [0, 0.05) is 6.92 Å². The van der Waals surface area contributed by atoms with Crippen LogP contribution in [0.3, 0.4) is 0 Å². The lowest BCUT2D eigenvalue weighted by Gasteiger charge is -2.11. The lowest BCUT2D eigenvalue weighted by molar-refractivity contribution is -0.141. The normalized spacial score (nSPS) is 11.2. The first-order chi connectivity index (χ1) is 5.57. The van der Waals surface area contributed by atoms with E-state index in [1.54, 1.807) is 11.8 Å². The van der Waals surface area contributed by atoms with Crippen LogP contribution in [-0.4, -0.2) is 58.1 Å². The highest BCUT2D eigenvalue weighted by Gasteiger charge is 2.16. The second kappa shape index (κ2) is 8.65. The third-order valence-corrected chi connectivity index (χ3v) is 1.93. The smallest absolute Gasteiger partial charge is 0.326 e. The van der Waals surface area contributed by atoms with E-state index in [0.717, 1.165) is 5.75 Å². The van der Waals surface area contributed by atoms with Gasteiger partial charge in [-0.05, 0) is 18.4 Å². The largest absolute Gasteiger partial charge is 0.480 e. The van der Waals surface area contributed by atoms with Crippen molar-refractivity contribution in [2.75, 3.05) is 12.0 Å². The number of aliphatic carboxylic acids is 1. The molecular formula is C7H15MgNO3S. The molecule has 74 valence electrons. The molecule has 0 aliphatic heterocycles. The first-order valence-corrected chi connectivity index (χ1v) is 4.96. The molecule has 0 spiro atoms. The van der Waals surface area contributed by atoms with Gasteiger partial charge < -0.3 is 10.4 Å². The van der Waals surface area contributed by atoms with Crippen LogP contribution >= 0.6 is 11.8 Å². The number of hydrogen-bond donors (Lipinski definition) is 2. The van der Waals surface area contributed by atoms with Gasteiger partial charge in [0.2, 0.25) is 5.91 Å². The average Bonchev–Trinajstić information content (AvgIpc) is 1.96. The highest BCUT2D eigenvalue weighted by Crippen LogP contribution is 2.00. The summed E-state index contributed by atoms with van der Waals surface area (Å²) < 4.78 is 0. The molecule has 0 aromatic heterocycles. The number of carboxylic acid groups (broad SMARTS) is 1. The van der Waals surface area contributed by atoms with Gasteiger partial charge in [-0.3, -0.25) is 4.79 Å². The van der Waals surface area contributed by atoms with E-state index in [4.69, 9.17) is 5.11 Å². The summed E-state index contributed by atoms with van der Waals surface area (Å²) in [7, 11) is 0. The summed E-state index contributed by atoms with van der Waals surface area (Å²) in [6, 6.07) is -0.741. The van der Waals surface area contributed by atoms with E-state index in [2.05, 4.69) is 5.32 Å². The number of nitrogens with one attached hydrogen (secondary N) is 1. The molecule has 0 unspecified atom stereocenters. The molecule has 0 aromatic rings. The lowest BCUT2D eigenvalue weighted by atomic mass is 10.2. The zero-order valence-electron chi connectivity index (χ0n) is 7.16. The molecule has 4 nitrogen and oxygen atoms in total. The van der Waals surface area contributed by atoms with Crippen LogP contribution in [0.15, 0.2) is 0 Å². The van der Waals surface area contributed by atoms with Crippen molar-refractivity contribution in [3.63, 3.8) is 0 Å². The fourth-order valence-corrected chi connectivity index (χ4v) is 1.21. The Morgan fingerprint density at radius 1 is 1.54 bits per heavy atom. The van der Waals surface area contributed by atoms with Crippen molar-refractivity contribution in [1.82, 2.24) is 5.32 Å². The molecule has 0 bridgehead atoms. The highest BCUT2D eigenvalue weighted by atomic mass is 32.2. The lowest BCUT2D eigenvalue weighted by Crippen LogP contribution is -2.39. The zero-order valence-corrected chi connectivity index (χ0v) is 7.98. The van der Waals surface area contributed by atoms with Crippen LogP contribution in [0.25, 0.3) is 0 Å². The summed E-state index contributed by atoms with van der Waals surface area (Å²) in [4.78, 5) is 21.1. The van der Waals surface area contributed by atoms with E-state index >= 15 is 0 Å². The van der Waals surface area contributed by atoms with Crippen LogP contribution < -0.4 is 5.32 Å². The van der Waals surface area contributed by atoms with Gasteiger partial charge in [-0.25, -0.2) is 4.79 Å². The Morgan fingerprint density at radius 3 is 2.38 bits per heavy atom. The Balaban J connectivity index is 0. The average molecular weight is 218 g/mol. The van der Waals surface area contributed by atoms with Crippen molar-refractivity contribution in [2.24, 2.45) is 0 Å². The second-order valence-electron chi connectivity index (χ2n) is 2.37. The molecule has 1 atom stereocenters. The molecular weight excluding hydrogens is 202 g/mol. The van der Waals surface area contributed by atoms with Crippen molar-refractivity contribution in [3.05, 3.63) is 0 Å². The van der Waals surface area contributed by atoms with E-state index in [1.165, 1.54) is 6.92 Å². The van der Waals surface area contributed by atoms with E-state index in [9.17, 15) is 9.59 Å². The number of carbonyl (C=O) groups is 2. The molecule has 0 saturated carbocycles. The van der Waals surface area contributed by atoms with Crippen molar-refractivity contribution in [3.8, 4) is 0 Å². The van der Waals surface area contributed by atoms with Gasteiger partial charge in [-0.1, -0.05) is 0 Å². The van der Waals surface area contributed by atoms with Gasteiger partial charge in [-0.15, -0.1) is 0 Å². The predicted octanol–water partition coefficient (Wildman–Crippen LogP) is -0.587. The number of amides is 1. The standard InChI is InChI=1S/C7H13NO3S.Mg.2H/c1-5(9)8-6(7(10)11)3-4-12-2;;;/h6H,3-4H2,1-2H3,(H,8,9)(H,10,11);;;/t6-;;;/m0.../s1. The Morgan fingerprint density at radius 2 is 2.08 bits per heavy atom. The van der Waals surface area contributed by atoms with E-state index in [-0.39, 0.29) is 29.0 Å². The Bertz CT molecular complexity index is 177. The zero-order chi connectivity index (χ0) is 9.56. The number of rotatable bonds is 5. The Kier molecular flexibility index (Phi) is 10.3. The second-order valence-corrected chi connectivity index (χ2v) is 3.36. The number of hydrogen-bond acceptors (Lipinski definition) is 3. The van der Waals surface area contributed by atoms with E-state index in [1.807, 2.05) is 6.26 Å². The van der Waals surface area contributed by atoms with Crippen molar-refractivity contribution in [2.45, 2.75) is 19.4 Å². The summed E-state index contributed by atoms with van der Waals surface area (Å²) in [5.41, 5.74) is 0. The fourth-order valence-electron chi connectivity index (χ4n) is 0.738. The summed E-state index contributed by atoms with van der Waals surface area (Å²) in [5, 5.41) is 11.0. The van der Waals surface area contributed by atoms with Crippen molar-refractivity contribution >= 4 is 46.7 Å². The summed E-state index contributed by atoms with van der Waals surface area (Å²) in [6.07, 6.45) is 2.36. The number of carboxylic acids is 1. The molecule has 0 radical (unpaired) electrons. The topological polar surface area (TPSA) is 66.4 Å². The molecule has 0 saturated heterocycles. The molecule has 0 aliphatic rings. The maximum absolute atomic E-state index is 10.5. The van der Waals surface area contributed by atoms with Crippen LogP contribution in [0.5, 0.6) is 0 Å². The molecule has 0 fully saturated rings. The first-order valence-electron chi connectivity index (χ1n) is 3.56. The van der Waals surface area contributed by atoms with Crippen molar-refractivity contribution < 1.29 is 14.7 Å². The van der Waals surface area contributed by atoms with Gasteiger partial charge in [0.25, 0.3) is 0 Å². The van der Waals surface area contributed by atoms with Gasteiger partial charge in [0.15, 0.2) is 0 Å². The number of thioether (sulfide) groups is 1.